The highest BCUT2D eigenvalue weighted by atomic mass is 16.1. The van der Waals surface area contributed by atoms with E-state index in [1.807, 2.05) is 0 Å². The maximum atomic E-state index is 10.1. The molecule has 0 radical (unpaired) electrons. The maximum Gasteiger partial charge on any atom is 0.152 e. The molecule has 2 rings (SSSR count). The van der Waals surface area contributed by atoms with Crippen LogP contribution in [0.2, 0.25) is 0 Å². The van der Waals surface area contributed by atoms with Crippen LogP contribution in [-0.2, 0) is 0 Å². The van der Waals surface area contributed by atoms with Gasteiger partial charge < -0.3 is 11.1 Å². The molecule has 2 unspecified atom stereocenters. The minimum absolute atomic E-state index is 0.535. The summed E-state index contributed by atoms with van der Waals surface area (Å²) in [7, 11) is 0. The fourth-order valence-corrected chi connectivity index (χ4v) is 2.00. The Morgan fingerprint density at radius 1 is 1.24 bits per heavy atom. The highest BCUT2D eigenvalue weighted by molar-refractivity contribution is 5.82. The van der Waals surface area contributed by atoms with Crippen LogP contribution in [-0.4, -0.2) is 18.4 Å². The first-order valence-electron chi connectivity index (χ1n) is 6.19. The van der Waals surface area contributed by atoms with Crippen LogP contribution in [0.4, 0.5) is 5.69 Å². The molecule has 1 aliphatic rings. The van der Waals surface area contributed by atoms with E-state index in [2.05, 4.69) is 19.2 Å². The summed E-state index contributed by atoms with van der Waals surface area (Å²) in [5.41, 5.74) is 6.49. The Balaban J connectivity index is 0.000000171. The van der Waals surface area contributed by atoms with Crippen LogP contribution in [0, 0.1) is 0 Å². The molecule has 0 saturated carbocycles. The zero-order valence-corrected chi connectivity index (χ0v) is 10.6. The second-order valence-electron chi connectivity index (χ2n) is 4.65. The predicted molar refractivity (Wildman–Crippen MR) is 72.2 cm³/mol. The standard InChI is InChI=1S/C7H7NO.C7H15N/c8-7-4-2-1-3-6(7)5-9;1-6-4-3-5-7(2)8-6/h1-5H,8H2;6-8H,3-5H2,1-2H3. The molecule has 1 saturated heterocycles. The van der Waals surface area contributed by atoms with Crippen molar-refractivity contribution in [2.75, 3.05) is 5.73 Å². The molecular weight excluding hydrogens is 212 g/mol. The van der Waals surface area contributed by atoms with Gasteiger partial charge in [-0.05, 0) is 38.8 Å². The van der Waals surface area contributed by atoms with Gasteiger partial charge in [0.2, 0.25) is 0 Å². The van der Waals surface area contributed by atoms with Crippen molar-refractivity contribution >= 4 is 12.0 Å². The molecular formula is C14H22N2O. The van der Waals surface area contributed by atoms with Crippen molar-refractivity contribution in [3.8, 4) is 0 Å². The predicted octanol–water partition coefficient (Wildman–Crippen LogP) is 2.62. The number of rotatable bonds is 1. The van der Waals surface area contributed by atoms with Gasteiger partial charge in [0, 0.05) is 23.3 Å². The first kappa shape index (κ1) is 13.7. The lowest BCUT2D eigenvalue weighted by Gasteiger charge is -2.25. The molecule has 1 aliphatic heterocycles. The van der Waals surface area contributed by atoms with Crippen LogP contribution in [0.1, 0.15) is 43.5 Å². The fourth-order valence-electron chi connectivity index (χ4n) is 2.00. The molecule has 0 aromatic heterocycles. The molecule has 1 aromatic rings. The van der Waals surface area contributed by atoms with E-state index in [4.69, 9.17) is 5.73 Å². The number of aldehydes is 1. The largest absolute Gasteiger partial charge is 0.398 e. The lowest BCUT2D eigenvalue weighted by Crippen LogP contribution is -2.38. The van der Waals surface area contributed by atoms with Crippen LogP contribution in [0.15, 0.2) is 24.3 Å². The van der Waals surface area contributed by atoms with Crippen LogP contribution in [0.25, 0.3) is 0 Å². The molecule has 0 bridgehead atoms. The van der Waals surface area contributed by atoms with Gasteiger partial charge in [-0.15, -0.1) is 0 Å². The molecule has 94 valence electrons. The van der Waals surface area contributed by atoms with E-state index in [0.29, 0.717) is 11.3 Å². The molecule has 2 atom stereocenters. The third-order valence-electron chi connectivity index (χ3n) is 2.97. The number of nitrogens with two attached hydrogens (primary N) is 1. The Kier molecular flexibility index (Phi) is 5.70. The maximum absolute atomic E-state index is 10.1. The number of hydrogen-bond acceptors (Lipinski definition) is 3. The summed E-state index contributed by atoms with van der Waals surface area (Å²) < 4.78 is 0. The van der Waals surface area contributed by atoms with Crippen molar-refractivity contribution in [1.82, 2.24) is 5.32 Å². The number of piperidine rings is 1. The number of anilines is 1. The Bertz CT molecular complexity index is 344. The van der Waals surface area contributed by atoms with E-state index in [1.165, 1.54) is 19.3 Å². The highest BCUT2D eigenvalue weighted by Crippen LogP contribution is 2.10. The van der Waals surface area contributed by atoms with Gasteiger partial charge in [-0.1, -0.05) is 18.6 Å². The highest BCUT2D eigenvalue weighted by Gasteiger charge is 2.12. The second-order valence-corrected chi connectivity index (χ2v) is 4.65. The van der Waals surface area contributed by atoms with Crippen molar-refractivity contribution in [3.63, 3.8) is 0 Å². The zero-order chi connectivity index (χ0) is 12.7. The Hall–Kier alpha value is -1.35. The molecule has 3 N–H and O–H groups in total. The minimum Gasteiger partial charge on any atom is -0.398 e. The summed E-state index contributed by atoms with van der Waals surface area (Å²) in [4.78, 5) is 10.1. The average molecular weight is 234 g/mol. The molecule has 3 nitrogen and oxygen atoms in total. The van der Waals surface area contributed by atoms with Crippen molar-refractivity contribution in [2.45, 2.75) is 45.2 Å². The van der Waals surface area contributed by atoms with E-state index in [0.717, 1.165) is 18.4 Å². The summed E-state index contributed by atoms with van der Waals surface area (Å²) in [6.07, 6.45) is 4.89. The number of nitrogens with one attached hydrogen (secondary N) is 1. The number of nitrogen functional groups attached to an aromatic ring is 1. The van der Waals surface area contributed by atoms with Gasteiger partial charge in [-0.25, -0.2) is 0 Å². The number of para-hydroxylation sites is 1. The Morgan fingerprint density at radius 2 is 1.82 bits per heavy atom. The summed E-state index contributed by atoms with van der Waals surface area (Å²) in [6, 6.07) is 8.48. The van der Waals surface area contributed by atoms with Crippen molar-refractivity contribution in [3.05, 3.63) is 29.8 Å². The van der Waals surface area contributed by atoms with E-state index < -0.39 is 0 Å². The SMILES string of the molecule is CC1CCCC(C)N1.Nc1ccccc1C=O. The van der Waals surface area contributed by atoms with Gasteiger partial charge in [-0.2, -0.15) is 0 Å². The van der Waals surface area contributed by atoms with E-state index in [9.17, 15) is 4.79 Å². The summed E-state index contributed by atoms with van der Waals surface area (Å²) in [5, 5.41) is 3.48. The lowest BCUT2D eigenvalue weighted by atomic mass is 10.0. The van der Waals surface area contributed by atoms with Crippen LogP contribution >= 0.6 is 0 Å². The minimum atomic E-state index is 0.535. The number of benzene rings is 1. The van der Waals surface area contributed by atoms with Gasteiger partial charge >= 0.3 is 0 Å². The van der Waals surface area contributed by atoms with E-state index in [-0.39, 0.29) is 0 Å². The summed E-state index contributed by atoms with van der Waals surface area (Å²) in [5.74, 6) is 0. The third kappa shape index (κ3) is 5.00. The average Bonchev–Trinajstić information content (AvgIpc) is 2.30. The lowest BCUT2D eigenvalue weighted by molar-refractivity contribution is 0.112. The van der Waals surface area contributed by atoms with E-state index in [1.54, 1.807) is 24.3 Å². The second kappa shape index (κ2) is 7.07. The summed E-state index contributed by atoms with van der Waals surface area (Å²) >= 11 is 0. The third-order valence-corrected chi connectivity index (χ3v) is 2.97. The molecule has 17 heavy (non-hydrogen) atoms. The van der Waals surface area contributed by atoms with Gasteiger partial charge in [0.25, 0.3) is 0 Å². The number of carbonyl (C=O) groups is 1. The molecule has 0 spiro atoms. The molecule has 1 heterocycles. The van der Waals surface area contributed by atoms with E-state index >= 15 is 0 Å². The van der Waals surface area contributed by atoms with Crippen molar-refractivity contribution in [2.24, 2.45) is 0 Å². The van der Waals surface area contributed by atoms with Gasteiger partial charge in [0.15, 0.2) is 6.29 Å². The molecule has 1 aromatic carbocycles. The molecule has 3 heteroatoms. The zero-order valence-electron chi connectivity index (χ0n) is 10.6. The first-order chi connectivity index (χ1) is 8.13. The Morgan fingerprint density at radius 3 is 2.18 bits per heavy atom. The number of hydrogen-bond donors (Lipinski definition) is 2. The van der Waals surface area contributed by atoms with Crippen molar-refractivity contribution < 1.29 is 4.79 Å². The van der Waals surface area contributed by atoms with Crippen LogP contribution in [0.5, 0.6) is 0 Å². The topological polar surface area (TPSA) is 55.1 Å². The molecule has 0 amide bonds. The van der Waals surface area contributed by atoms with Crippen molar-refractivity contribution in [1.29, 1.82) is 0 Å². The quantitative estimate of drug-likeness (QED) is 0.580. The Labute approximate surface area is 103 Å². The van der Waals surface area contributed by atoms with Gasteiger partial charge in [0.05, 0.1) is 0 Å². The normalized spacial score (nSPS) is 23.4. The summed E-state index contributed by atoms with van der Waals surface area (Å²) in [6.45, 7) is 4.52. The fraction of sp³-hybridized carbons (Fsp3) is 0.500. The first-order valence-corrected chi connectivity index (χ1v) is 6.19. The number of carbonyl (C=O) groups excluding carboxylic acids is 1. The molecule has 1 fully saturated rings. The monoisotopic (exact) mass is 234 g/mol. The van der Waals surface area contributed by atoms with Gasteiger partial charge in [-0.3, -0.25) is 4.79 Å². The van der Waals surface area contributed by atoms with Crippen LogP contribution in [0.3, 0.4) is 0 Å². The smallest absolute Gasteiger partial charge is 0.152 e. The van der Waals surface area contributed by atoms with Crippen LogP contribution < -0.4 is 11.1 Å². The molecule has 0 aliphatic carbocycles. The van der Waals surface area contributed by atoms with Gasteiger partial charge in [0.1, 0.15) is 0 Å².